The SMILES string of the molecule is C=CCNc1nnc(SCCC(=O)NCc2ccccc2Cl)s1. The quantitative estimate of drug-likeness (QED) is 0.523. The maximum atomic E-state index is 11.8. The van der Waals surface area contributed by atoms with Crippen molar-refractivity contribution in [1.29, 1.82) is 0 Å². The molecule has 0 aliphatic heterocycles. The largest absolute Gasteiger partial charge is 0.357 e. The predicted octanol–water partition coefficient (Wildman–Crippen LogP) is 3.59. The van der Waals surface area contributed by atoms with Crippen molar-refractivity contribution < 1.29 is 4.79 Å². The summed E-state index contributed by atoms with van der Waals surface area (Å²) in [4.78, 5) is 11.8. The Labute approximate surface area is 148 Å². The normalized spacial score (nSPS) is 10.3. The van der Waals surface area contributed by atoms with Crippen LogP contribution >= 0.6 is 34.7 Å². The molecule has 1 heterocycles. The Kier molecular flexibility index (Phi) is 7.38. The van der Waals surface area contributed by atoms with Crippen molar-refractivity contribution in [3.05, 3.63) is 47.5 Å². The number of amides is 1. The van der Waals surface area contributed by atoms with Crippen molar-refractivity contribution in [2.75, 3.05) is 17.6 Å². The van der Waals surface area contributed by atoms with Gasteiger partial charge in [0, 0.05) is 30.3 Å². The third-order valence-corrected chi connectivity index (χ3v) is 5.18. The number of carbonyl (C=O) groups is 1. The molecule has 0 aliphatic rings. The van der Waals surface area contributed by atoms with Gasteiger partial charge in [0.25, 0.3) is 0 Å². The number of hydrogen-bond donors (Lipinski definition) is 2. The van der Waals surface area contributed by atoms with Gasteiger partial charge >= 0.3 is 0 Å². The first-order chi connectivity index (χ1) is 11.2. The summed E-state index contributed by atoms with van der Waals surface area (Å²) in [5.74, 6) is 0.650. The highest BCUT2D eigenvalue weighted by Crippen LogP contribution is 2.25. The second kappa shape index (κ2) is 9.54. The third-order valence-electron chi connectivity index (χ3n) is 2.79. The van der Waals surface area contributed by atoms with Gasteiger partial charge in [-0.15, -0.1) is 16.8 Å². The van der Waals surface area contributed by atoms with E-state index in [1.807, 2.05) is 24.3 Å². The molecule has 2 aromatic rings. The molecule has 0 unspecified atom stereocenters. The number of carbonyl (C=O) groups excluding carboxylic acids is 1. The number of hydrogen-bond acceptors (Lipinski definition) is 6. The highest BCUT2D eigenvalue weighted by molar-refractivity contribution is 8.01. The number of nitrogens with zero attached hydrogens (tertiary/aromatic N) is 2. The van der Waals surface area contributed by atoms with Crippen molar-refractivity contribution in [2.24, 2.45) is 0 Å². The number of rotatable bonds is 9. The molecule has 1 aromatic carbocycles. The fraction of sp³-hybridized carbons (Fsp3) is 0.267. The van der Waals surface area contributed by atoms with E-state index in [1.165, 1.54) is 23.1 Å². The average Bonchev–Trinajstić information content (AvgIpc) is 3.00. The standard InChI is InChI=1S/C15H17ClN4OS2/c1-2-8-17-14-19-20-15(23-14)22-9-7-13(21)18-10-11-5-3-4-6-12(11)16/h2-6H,1,7-10H2,(H,17,19)(H,18,21). The molecule has 0 spiro atoms. The molecule has 0 atom stereocenters. The van der Waals surface area contributed by atoms with Gasteiger partial charge in [-0.1, -0.05) is 59.0 Å². The Morgan fingerprint density at radius 3 is 3.00 bits per heavy atom. The first-order valence-corrected chi connectivity index (χ1v) is 9.18. The fourth-order valence-electron chi connectivity index (χ4n) is 1.65. The number of aromatic nitrogens is 2. The van der Waals surface area contributed by atoms with Crippen molar-refractivity contribution >= 4 is 45.7 Å². The van der Waals surface area contributed by atoms with Crippen LogP contribution in [0.15, 0.2) is 41.3 Å². The van der Waals surface area contributed by atoms with E-state index in [0.717, 1.165) is 15.0 Å². The Balaban J connectivity index is 1.67. The number of nitrogens with one attached hydrogen (secondary N) is 2. The zero-order chi connectivity index (χ0) is 16.5. The predicted molar refractivity (Wildman–Crippen MR) is 97.2 cm³/mol. The van der Waals surface area contributed by atoms with Crippen LogP contribution in [0.2, 0.25) is 5.02 Å². The van der Waals surface area contributed by atoms with Gasteiger partial charge in [0.2, 0.25) is 11.0 Å². The minimum absolute atomic E-state index is 0.00746. The minimum Gasteiger partial charge on any atom is -0.357 e. The molecule has 0 saturated carbocycles. The molecule has 2 N–H and O–H groups in total. The maximum Gasteiger partial charge on any atom is 0.221 e. The lowest BCUT2D eigenvalue weighted by Gasteiger charge is -2.06. The summed E-state index contributed by atoms with van der Waals surface area (Å²) in [6, 6.07) is 7.48. The van der Waals surface area contributed by atoms with E-state index in [2.05, 4.69) is 27.4 Å². The van der Waals surface area contributed by atoms with Crippen LogP contribution in [0.1, 0.15) is 12.0 Å². The highest BCUT2D eigenvalue weighted by atomic mass is 35.5. The zero-order valence-electron chi connectivity index (χ0n) is 12.4. The molecular formula is C15H17ClN4OS2. The van der Waals surface area contributed by atoms with E-state index < -0.39 is 0 Å². The summed E-state index contributed by atoms with van der Waals surface area (Å²) in [5, 5.41) is 15.4. The van der Waals surface area contributed by atoms with Gasteiger partial charge < -0.3 is 10.6 Å². The van der Waals surface area contributed by atoms with Crippen LogP contribution in [-0.2, 0) is 11.3 Å². The van der Waals surface area contributed by atoms with Crippen molar-refractivity contribution in [3.8, 4) is 0 Å². The molecule has 0 radical (unpaired) electrons. The molecule has 0 bridgehead atoms. The number of benzene rings is 1. The second-order valence-electron chi connectivity index (χ2n) is 4.51. The van der Waals surface area contributed by atoms with Crippen LogP contribution in [0, 0.1) is 0 Å². The van der Waals surface area contributed by atoms with Gasteiger partial charge in [-0.25, -0.2) is 0 Å². The van der Waals surface area contributed by atoms with Gasteiger partial charge in [0.15, 0.2) is 4.34 Å². The zero-order valence-corrected chi connectivity index (χ0v) is 14.8. The van der Waals surface area contributed by atoms with E-state index in [1.54, 1.807) is 6.08 Å². The first kappa shape index (κ1) is 17.8. The fourth-order valence-corrected chi connectivity index (χ4v) is 3.62. The molecule has 23 heavy (non-hydrogen) atoms. The van der Waals surface area contributed by atoms with E-state index in [0.29, 0.717) is 30.3 Å². The lowest BCUT2D eigenvalue weighted by Crippen LogP contribution is -2.23. The summed E-state index contributed by atoms with van der Waals surface area (Å²) in [5.41, 5.74) is 0.914. The van der Waals surface area contributed by atoms with Crippen LogP contribution in [0.25, 0.3) is 0 Å². The Bertz CT molecular complexity index is 662. The summed E-state index contributed by atoms with van der Waals surface area (Å²) in [7, 11) is 0. The smallest absolute Gasteiger partial charge is 0.221 e. The van der Waals surface area contributed by atoms with Crippen molar-refractivity contribution in [3.63, 3.8) is 0 Å². The first-order valence-electron chi connectivity index (χ1n) is 7.00. The van der Waals surface area contributed by atoms with Gasteiger partial charge in [0.1, 0.15) is 0 Å². The molecule has 8 heteroatoms. The van der Waals surface area contributed by atoms with Crippen LogP contribution in [0.5, 0.6) is 0 Å². The lowest BCUT2D eigenvalue weighted by atomic mass is 10.2. The minimum atomic E-state index is -0.00746. The molecule has 0 aliphatic carbocycles. The Morgan fingerprint density at radius 2 is 2.22 bits per heavy atom. The van der Waals surface area contributed by atoms with E-state index in [9.17, 15) is 4.79 Å². The molecule has 5 nitrogen and oxygen atoms in total. The monoisotopic (exact) mass is 368 g/mol. The molecule has 1 amide bonds. The van der Waals surface area contributed by atoms with Crippen LogP contribution in [-0.4, -0.2) is 28.4 Å². The topological polar surface area (TPSA) is 66.9 Å². The highest BCUT2D eigenvalue weighted by Gasteiger charge is 2.07. The summed E-state index contributed by atoms with van der Waals surface area (Å²) >= 11 is 9.04. The van der Waals surface area contributed by atoms with Gasteiger partial charge in [0.05, 0.1) is 0 Å². The summed E-state index contributed by atoms with van der Waals surface area (Å²) < 4.78 is 0.843. The van der Waals surface area contributed by atoms with Crippen molar-refractivity contribution in [2.45, 2.75) is 17.3 Å². The molecule has 122 valence electrons. The molecule has 2 rings (SSSR count). The second-order valence-corrected chi connectivity index (χ2v) is 7.24. The molecular weight excluding hydrogens is 352 g/mol. The third kappa shape index (κ3) is 6.21. The lowest BCUT2D eigenvalue weighted by molar-refractivity contribution is -0.120. The number of thioether (sulfide) groups is 1. The van der Waals surface area contributed by atoms with Gasteiger partial charge in [-0.3, -0.25) is 4.79 Å². The average molecular weight is 369 g/mol. The molecule has 1 aromatic heterocycles. The van der Waals surface area contributed by atoms with Crippen LogP contribution < -0.4 is 10.6 Å². The van der Waals surface area contributed by atoms with Crippen molar-refractivity contribution in [1.82, 2.24) is 15.5 Å². The van der Waals surface area contributed by atoms with Gasteiger partial charge in [-0.2, -0.15) is 0 Å². The number of halogens is 1. The Morgan fingerprint density at radius 1 is 1.39 bits per heavy atom. The van der Waals surface area contributed by atoms with Crippen LogP contribution in [0.4, 0.5) is 5.13 Å². The van der Waals surface area contributed by atoms with E-state index in [4.69, 9.17) is 11.6 Å². The molecule has 0 saturated heterocycles. The maximum absolute atomic E-state index is 11.8. The summed E-state index contributed by atoms with van der Waals surface area (Å²) in [6.45, 7) is 4.73. The Hall–Kier alpha value is -1.57. The van der Waals surface area contributed by atoms with E-state index >= 15 is 0 Å². The summed E-state index contributed by atoms with van der Waals surface area (Å²) in [6.07, 6.45) is 2.18. The van der Waals surface area contributed by atoms with E-state index in [-0.39, 0.29) is 5.91 Å². The van der Waals surface area contributed by atoms with Gasteiger partial charge in [-0.05, 0) is 11.6 Å². The van der Waals surface area contributed by atoms with Crippen LogP contribution in [0.3, 0.4) is 0 Å². The number of anilines is 1. The molecule has 0 fully saturated rings.